The summed E-state index contributed by atoms with van der Waals surface area (Å²) in [5.74, 6) is 3.69. The molecule has 0 atom stereocenters. The van der Waals surface area contributed by atoms with Gasteiger partial charge in [0, 0.05) is 0 Å². The van der Waals surface area contributed by atoms with Gasteiger partial charge < -0.3 is 0 Å². The van der Waals surface area contributed by atoms with E-state index in [-0.39, 0.29) is 4.25 Å². The van der Waals surface area contributed by atoms with E-state index >= 15 is 0 Å². The number of amides is 1. The molecule has 3 nitrogen and oxygen atoms in total. The van der Waals surface area contributed by atoms with Gasteiger partial charge in [-0.2, -0.15) is 0 Å². The Balaban J connectivity index is 4.43. The Labute approximate surface area is 76.5 Å². The van der Waals surface area contributed by atoms with Gasteiger partial charge in [-0.25, -0.2) is 0 Å². The maximum atomic E-state index is 10.8. The second-order valence-electron chi connectivity index (χ2n) is 4.48. The summed E-state index contributed by atoms with van der Waals surface area (Å²) in [6, 6.07) is 0. The van der Waals surface area contributed by atoms with Gasteiger partial charge in [-0.3, -0.25) is 0 Å². The average Bonchev–Trinajstić information content (AvgIpc) is 1.84. The van der Waals surface area contributed by atoms with Crippen molar-refractivity contribution in [2.24, 2.45) is 0 Å². The van der Waals surface area contributed by atoms with Crippen molar-refractivity contribution < 1.29 is 9.59 Å². The molecule has 0 radical (unpaired) electrons. The first-order valence-corrected chi connectivity index (χ1v) is 10.3. The molecule has 1 amide bonds. The molecule has 4 heteroatoms. The van der Waals surface area contributed by atoms with E-state index in [1.807, 2.05) is 0 Å². The Kier molecular flexibility index (Phi) is 3.50. The van der Waals surface area contributed by atoms with Crippen molar-refractivity contribution in [2.75, 3.05) is 0 Å². The van der Waals surface area contributed by atoms with Crippen LogP contribution in [-0.2, 0) is 9.59 Å². The quantitative estimate of drug-likeness (QED) is 0.443. The molecule has 0 aliphatic heterocycles. The van der Waals surface area contributed by atoms with Crippen LogP contribution in [0.5, 0.6) is 0 Å². The summed E-state index contributed by atoms with van der Waals surface area (Å²) >= 11 is -2.33. The fourth-order valence-electron chi connectivity index (χ4n) is 0.525. The van der Waals surface area contributed by atoms with Crippen LogP contribution < -0.4 is 4.27 Å². The first-order chi connectivity index (χ1) is 5.20. The van der Waals surface area contributed by atoms with Crippen LogP contribution in [0, 0.1) is 0 Å². The van der Waals surface area contributed by atoms with E-state index < -0.39 is 19.4 Å². The Morgan fingerprint density at radius 3 is 2.00 bits per heavy atom. The number of hydrogen-bond acceptors (Lipinski definition) is 2. The van der Waals surface area contributed by atoms with Crippen LogP contribution in [0.15, 0.2) is 0 Å². The predicted octanol–water partition coefficient (Wildman–Crippen LogP) is 1.31. The van der Waals surface area contributed by atoms with Crippen LogP contribution >= 0.6 is 0 Å². The van der Waals surface area contributed by atoms with E-state index in [1.165, 1.54) is 0 Å². The Hall–Kier alpha value is -0.317. The zero-order valence-corrected chi connectivity index (χ0v) is 10.5. The maximum absolute atomic E-state index is 10.8. The number of carbonyl (C=O) groups excluding carboxylic acids is 2. The Morgan fingerprint density at radius 2 is 1.75 bits per heavy atom. The molecule has 0 heterocycles. The minimum atomic E-state index is -2.33. The van der Waals surface area contributed by atoms with Gasteiger partial charge in [-0.15, -0.1) is 0 Å². The summed E-state index contributed by atoms with van der Waals surface area (Å²) in [6.45, 7) is 6.29. The van der Waals surface area contributed by atoms with Gasteiger partial charge in [0.15, 0.2) is 0 Å². The molecule has 0 bridgehead atoms. The second kappa shape index (κ2) is 3.60. The summed E-state index contributed by atoms with van der Waals surface area (Å²) in [7, 11) is 0. The standard InChI is InChI=1S/C8H17GeNO2/c1-8(2,3)9(4,5)10-7(12)6-11/h6H,1-5H3,(H,10,12). The molecule has 1 N–H and O–H groups in total. The molecular formula is C8H17GeNO2. The van der Waals surface area contributed by atoms with E-state index in [9.17, 15) is 9.59 Å². The van der Waals surface area contributed by atoms with Crippen molar-refractivity contribution in [3.63, 3.8) is 0 Å². The number of nitrogens with one attached hydrogen (secondary N) is 1. The number of hydrogen-bond donors (Lipinski definition) is 1. The number of aldehydes is 1. The summed E-state index contributed by atoms with van der Waals surface area (Å²) in [6.07, 6.45) is 0.346. The van der Waals surface area contributed by atoms with Gasteiger partial charge in [0.1, 0.15) is 0 Å². The third kappa shape index (κ3) is 2.97. The van der Waals surface area contributed by atoms with Gasteiger partial charge in [-0.05, 0) is 0 Å². The molecule has 0 aliphatic rings. The van der Waals surface area contributed by atoms with E-state index in [0.29, 0.717) is 6.29 Å². The molecule has 0 aromatic rings. The van der Waals surface area contributed by atoms with E-state index in [4.69, 9.17) is 0 Å². The van der Waals surface area contributed by atoms with Crippen LogP contribution in [0.2, 0.25) is 15.8 Å². The van der Waals surface area contributed by atoms with Gasteiger partial charge in [-0.1, -0.05) is 0 Å². The third-order valence-corrected chi connectivity index (χ3v) is 12.1. The van der Waals surface area contributed by atoms with Gasteiger partial charge in [0.05, 0.1) is 0 Å². The molecule has 0 rings (SSSR count). The predicted molar refractivity (Wildman–Crippen MR) is 51.4 cm³/mol. The van der Waals surface area contributed by atoms with Gasteiger partial charge in [0.2, 0.25) is 0 Å². The van der Waals surface area contributed by atoms with Crippen molar-refractivity contribution >= 4 is 25.7 Å². The summed E-state index contributed by atoms with van der Waals surface area (Å²) in [5, 5.41) is 0. The van der Waals surface area contributed by atoms with E-state index in [2.05, 4.69) is 36.6 Å². The summed E-state index contributed by atoms with van der Waals surface area (Å²) < 4.78 is 2.95. The third-order valence-electron chi connectivity index (χ3n) is 2.42. The number of carbonyl (C=O) groups is 2. The molecule has 0 spiro atoms. The molecule has 0 saturated carbocycles. The molecule has 0 aromatic heterocycles. The summed E-state index contributed by atoms with van der Waals surface area (Å²) in [4.78, 5) is 21.0. The molecule has 0 aliphatic carbocycles. The van der Waals surface area contributed by atoms with Crippen molar-refractivity contribution in [2.45, 2.75) is 36.5 Å². The zero-order valence-electron chi connectivity index (χ0n) is 8.39. The molecule has 0 fully saturated rings. The van der Waals surface area contributed by atoms with E-state index in [0.717, 1.165) is 0 Å². The van der Waals surface area contributed by atoms with E-state index in [1.54, 1.807) is 0 Å². The molecule has 70 valence electrons. The number of rotatable bonds is 2. The second-order valence-corrected chi connectivity index (χ2v) is 15.0. The molecule has 0 saturated heterocycles. The topological polar surface area (TPSA) is 46.2 Å². The molecule has 12 heavy (non-hydrogen) atoms. The molecule has 0 unspecified atom stereocenters. The fraction of sp³-hybridized carbons (Fsp3) is 0.750. The Morgan fingerprint density at radius 1 is 1.33 bits per heavy atom. The molecular weight excluding hydrogens is 215 g/mol. The van der Waals surface area contributed by atoms with Crippen molar-refractivity contribution in [3.05, 3.63) is 0 Å². The van der Waals surface area contributed by atoms with Crippen LogP contribution in [-0.4, -0.2) is 25.7 Å². The van der Waals surface area contributed by atoms with Gasteiger partial charge >= 0.3 is 76.1 Å². The zero-order chi connectivity index (χ0) is 9.99. The van der Waals surface area contributed by atoms with Crippen molar-refractivity contribution in [1.29, 1.82) is 0 Å². The molecule has 0 aromatic carbocycles. The van der Waals surface area contributed by atoms with Gasteiger partial charge in [0.25, 0.3) is 0 Å². The Bertz CT molecular complexity index is 194. The van der Waals surface area contributed by atoms with Crippen molar-refractivity contribution in [3.8, 4) is 0 Å². The fourth-order valence-corrected chi connectivity index (χ4v) is 2.73. The first-order valence-electron chi connectivity index (χ1n) is 3.98. The monoisotopic (exact) mass is 233 g/mol. The average molecular weight is 232 g/mol. The SMILES string of the molecule is C[C](C)(C)[Ge]([CH3])([CH3])[NH]C(=O)C=O. The summed E-state index contributed by atoms with van der Waals surface area (Å²) in [5.41, 5.74) is 0. The van der Waals surface area contributed by atoms with Crippen LogP contribution in [0.1, 0.15) is 20.8 Å². The van der Waals surface area contributed by atoms with Crippen LogP contribution in [0.25, 0.3) is 0 Å². The first kappa shape index (κ1) is 11.7. The van der Waals surface area contributed by atoms with Crippen LogP contribution in [0.4, 0.5) is 0 Å². The minimum absolute atomic E-state index is 0.124. The van der Waals surface area contributed by atoms with Crippen molar-refractivity contribution in [1.82, 2.24) is 4.27 Å². The van der Waals surface area contributed by atoms with Crippen LogP contribution in [0.3, 0.4) is 0 Å². The normalized spacial score (nSPS) is 12.4.